The van der Waals surface area contributed by atoms with E-state index in [1.54, 1.807) is 4.40 Å². The maximum atomic E-state index is 11.4. The van der Waals surface area contributed by atoms with Gasteiger partial charge in [-0.2, -0.15) is 8.42 Å². The molecule has 2 aromatic heterocycles. The quantitative estimate of drug-likeness (QED) is 0.0807. The summed E-state index contributed by atoms with van der Waals surface area (Å²) >= 11 is 6.71. The molecule has 0 radical (unpaired) electrons. The fraction of sp³-hybridized carbons (Fsp3) is 0.333. The summed E-state index contributed by atoms with van der Waals surface area (Å²) in [6, 6.07) is 25.6. The van der Waals surface area contributed by atoms with Crippen LogP contribution in [-0.4, -0.2) is 44.3 Å². The van der Waals surface area contributed by atoms with Crippen molar-refractivity contribution in [3.8, 4) is 22.9 Å². The van der Waals surface area contributed by atoms with Crippen LogP contribution in [0.3, 0.4) is 0 Å². The van der Waals surface area contributed by atoms with Crippen LogP contribution in [0.25, 0.3) is 16.9 Å². The molecule has 2 N–H and O–H groups in total. The molecule has 242 valence electrons. The lowest BCUT2D eigenvalue weighted by molar-refractivity contribution is 0.174. The van der Waals surface area contributed by atoms with Crippen molar-refractivity contribution in [1.82, 2.24) is 14.4 Å². The Hall–Kier alpha value is -3.92. The van der Waals surface area contributed by atoms with Gasteiger partial charge in [-0.1, -0.05) is 105 Å². The highest BCUT2D eigenvalue weighted by Gasteiger charge is 2.19. The van der Waals surface area contributed by atoms with Crippen LogP contribution in [0.15, 0.2) is 85.1 Å². The highest BCUT2D eigenvalue weighted by atomic mass is 35.5. The van der Waals surface area contributed by atoms with Crippen molar-refractivity contribution in [2.24, 2.45) is 0 Å². The predicted molar refractivity (Wildman–Crippen MR) is 182 cm³/mol. The molecule has 0 aliphatic heterocycles. The summed E-state index contributed by atoms with van der Waals surface area (Å²) in [5.74, 6) is 0.432. The van der Waals surface area contributed by atoms with E-state index in [4.69, 9.17) is 30.9 Å². The number of fused-ring (bicyclic) bond motifs is 1. The number of ether oxygens (including phenoxy) is 1. The van der Waals surface area contributed by atoms with E-state index in [0.717, 1.165) is 60.2 Å². The number of hydrogen-bond acceptors (Lipinski definition) is 6. The zero-order valence-electron chi connectivity index (χ0n) is 26.0. The Kier molecular flexibility index (Phi) is 11.3. The molecule has 0 saturated carbocycles. The fourth-order valence-corrected chi connectivity index (χ4v) is 6.38. The van der Waals surface area contributed by atoms with E-state index in [9.17, 15) is 13.5 Å². The second-order valence-corrected chi connectivity index (χ2v) is 13.6. The maximum absolute atomic E-state index is 11.4. The van der Waals surface area contributed by atoms with E-state index in [0.29, 0.717) is 47.8 Å². The molecule has 0 fully saturated rings. The number of rotatable bonds is 16. The first-order valence-corrected chi connectivity index (χ1v) is 17.8. The van der Waals surface area contributed by atoms with Gasteiger partial charge in [-0.15, -0.1) is 0 Å². The molecule has 3 aromatic carbocycles. The second kappa shape index (κ2) is 15.6. The topological polar surface area (TPSA) is 114 Å². The van der Waals surface area contributed by atoms with Crippen molar-refractivity contribution >= 4 is 27.4 Å². The highest BCUT2D eigenvalue weighted by molar-refractivity contribution is 7.85. The van der Waals surface area contributed by atoms with E-state index in [1.165, 1.54) is 0 Å². The van der Waals surface area contributed by atoms with Crippen LogP contribution in [0, 0.1) is 0 Å². The Morgan fingerprint density at radius 3 is 2.24 bits per heavy atom. The average Bonchev–Trinajstić information content (AvgIpc) is 3.35. The molecule has 0 saturated heterocycles. The van der Waals surface area contributed by atoms with Crippen molar-refractivity contribution in [3.63, 3.8) is 0 Å². The number of hydrogen-bond donors (Lipinski definition) is 2. The Bertz CT molecular complexity index is 1850. The van der Waals surface area contributed by atoms with Crippen molar-refractivity contribution < 1.29 is 22.8 Å². The van der Waals surface area contributed by atoms with Gasteiger partial charge in [0, 0.05) is 24.6 Å². The van der Waals surface area contributed by atoms with E-state index >= 15 is 0 Å². The van der Waals surface area contributed by atoms with Gasteiger partial charge in [0.15, 0.2) is 5.65 Å². The normalized spacial score (nSPS) is 12.4. The largest absolute Gasteiger partial charge is 0.493 e. The molecular weight excluding hydrogens is 622 g/mol. The molecule has 2 heterocycles. The number of aromatic hydroxyl groups is 1. The smallest absolute Gasteiger partial charge is 0.264 e. The van der Waals surface area contributed by atoms with Crippen LogP contribution in [0.4, 0.5) is 0 Å². The first-order valence-electron chi connectivity index (χ1n) is 15.8. The summed E-state index contributed by atoms with van der Waals surface area (Å²) in [5.41, 5.74) is 5.59. The van der Waals surface area contributed by atoms with Crippen LogP contribution in [-0.2, 0) is 23.0 Å². The molecule has 10 heteroatoms. The lowest BCUT2D eigenvalue weighted by atomic mass is 10.0. The molecule has 0 aliphatic rings. The Morgan fingerprint density at radius 2 is 1.54 bits per heavy atom. The van der Waals surface area contributed by atoms with Gasteiger partial charge in [-0.25, -0.2) is 9.97 Å². The lowest BCUT2D eigenvalue weighted by Crippen LogP contribution is -2.17. The molecule has 0 bridgehead atoms. The zero-order valence-corrected chi connectivity index (χ0v) is 27.6. The summed E-state index contributed by atoms with van der Waals surface area (Å²) in [7, 11) is -3.93. The van der Waals surface area contributed by atoms with Gasteiger partial charge in [-0.3, -0.25) is 8.95 Å². The second-order valence-electron chi connectivity index (χ2n) is 11.6. The molecule has 0 amide bonds. The summed E-state index contributed by atoms with van der Waals surface area (Å²) < 4.78 is 39.0. The third-order valence-electron chi connectivity index (χ3n) is 7.97. The fourth-order valence-electron chi connectivity index (χ4n) is 5.57. The van der Waals surface area contributed by atoms with E-state index in [1.807, 2.05) is 72.9 Å². The van der Waals surface area contributed by atoms with Gasteiger partial charge in [0.25, 0.3) is 10.1 Å². The summed E-state index contributed by atoms with van der Waals surface area (Å²) in [6.07, 6.45) is 8.29. The molecule has 5 aromatic rings. The number of unbranched alkanes of at least 4 members (excludes halogenated alkanes) is 3. The number of nitrogens with zero attached hydrogens (tertiary/aromatic N) is 3. The Labute approximate surface area is 275 Å². The molecule has 0 spiro atoms. The predicted octanol–water partition coefficient (Wildman–Crippen LogP) is 8.32. The minimum atomic E-state index is -3.93. The van der Waals surface area contributed by atoms with Crippen LogP contribution in [0.1, 0.15) is 74.4 Å². The first-order chi connectivity index (χ1) is 22.2. The average molecular weight is 662 g/mol. The maximum Gasteiger partial charge on any atom is 0.264 e. The van der Waals surface area contributed by atoms with E-state index in [-0.39, 0.29) is 17.7 Å². The van der Waals surface area contributed by atoms with Crippen LogP contribution in [0.2, 0.25) is 5.02 Å². The number of aromatic nitrogens is 3. The van der Waals surface area contributed by atoms with Gasteiger partial charge in [0.05, 0.1) is 28.3 Å². The van der Waals surface area contributed by atoms with Crippen LogP contribution >= 0.6 is 11.6 Å². The van der Waals surface area contributed by atoms with Crippen molar-refractivity contribution in [2.75, 3.05) is 5.75 Å². The monoisotopic (exact) mass is 661 g/mol. The van der Waals surface area contributed by atoms with Crippen molar-refractivity contribution in [3.05, 3.63) is 113 Å². The zero-order chi connectivity index (χ0) is 32.5. The summed E-state index contributed by atoms with van der Waals surface area (Å²) in [5, 5.41) is 11.8. The van der Waals surface area contributed by atoms with Gasteiger partial charge >= 0.3 is 0 Å². The summed E-state index contributed by atoms with van der Waals surface area (Å²) in [4.78, 5) is 9.83. The lowest BCUT2D eigenvalue weighted by Gasteiger charge is -2.20. The minimum Gasteiger partial charge on any atom is -0.493 e. The van der Waals surface area contributed by atoms with Gasteiger partial charge in [0.1, 0.15) is 11.4 Å². The van der Waals surface area contributed by atoms with Crippen LogP contribution in [0.5, 0.6) is 11.6 Å². The number of halogens is 1. The first kappa shape index (κ1) is 33.4. The molecule has 46 heavy (non-hydrogen) atoms. The number of imidazole rings is 1. The van der Waals surface area contributed by atoms with Gasteiger partial charge in [0.2, 0.25) is 5.88 Å². The number of benzene rings is 3. The Balaban J connectivity index is 1.35. The molecule has 0 aliphatic carbocycles. The van der Waals surface area contributed by atoms with Gasteiger partial charge in [-0.05, 0) is 48.9 Å². The molecule has 1 unspecified atom stereocenters. The minimum absolute atomic E-state index is 0.0501. The van der Waals surface area contributed by atoms with E-state index < -0.39 is 10.1 Å². The van der Waals surface area contributed by atoms with Gasteiger partial charge < -0.3 is 9.84 Å². The standard InChI is InChI=1S/C36H40ClN3O5S/c1-2-3-17-29(18-11-6-12-21-46(42,43)44)45-34-20-19-27(22-30(34)37)24-32-36(41)40-25-33(28-15-9-5-10-16-28)38-31(35(40)39-32)23-26-13-7-4-8-14-26/h4-5,7-10,13-16,19-20,22,25,29,41H,2-3,6,11-12,17-18,21,23-24H2,1H3,(H,42,43,44). The summed E-state index contributed by atoms with van der Waals surface area (Å²) in [6.45, 7) is 2.13. The molecule has 5 rings (SSSR count). The van der Waals surface area contributed by atoms with E-state index in [2.05, 4.69) is 19.1 Å². The SMILES string of the molecule is CCCCC(CCCCCS(=O)(=O)O)Oc1ccc(Cc2nc3c(Cc4ccccc4)nc(-c4ccccc4)cn3c2O)cc1Cl. The Morgan fingerprint density at radius 1 is 0.848 bits per heavy atom. The van der Waals surface area contributed by atoms with Crippen molar-refractivity contribution in [2.45, 2.75) is 70.8 Å². The third-order valence-corrected chi connectivity index (χ3v) is 9.07. The van der Waals surface area contributed by atoms with Crippen molar-refractivity contribution in [1.29, 1.82) is 0 Å². The molecule has 8 nitrogen and oxygen atoms in total. The van der Waals surface area contributed by atoms with Crippen LogP contribution < -0.4 is 4.74 Å². The highest BCUT2D eigenvalue weighted by Crippen LogP contribution is 2.32. The molecule has 1 atom stereocenters. The third kappa shape index (κ3) is 9.09. The molecular formula is C36H40ClN3O5S.